The average molecular weight is 376 g/mol. The highest BCUT2D eigenvalue weighted by Crippen LogP contribution is 2.00. The zero-order chi connectivity index (χ0) is 20.4. The Kier molecular flexibility index (Phi) is 17.8. The van der Waals surface area contributed by atoms with E-state index in [1.807, 2.05) is 0 Å². The van der Waals surface area contributed by atoms with Crippen LogP contribution >= 0.6 is 0 Å². The van der Waals surface area contributed by atoms with E-state index in [1.165, 1.54) is 27.7 Å². The fourth-order valence-electron chi connectivity index (χ4n) is 1.70. The predicted octanol–water partition coefficient (Wildman–Crippen LogP) is 2.56. The quantitative estimate of drug-likeness (QED) is 0.308. The van der Waals surface area contributed by atoms with Gasteiger partial charge in [0.05, 0.1) is 19.8 Å². The Morgan fingerprint density at radius 2 is 1.00 bits per heavy atom. The highest BCUT2D eigenvalue weighted by molar-refractivity contribution is 5.66. The van der Waals surface area contributed by atoms with Crippen LogP contribution < -0.4 is 0 Å². The number of hydrogen-bond donors (Lipinski definition) is 0. The molecule has 0 aromatic carbocycles. The summed E-state index contributed by atoms with van der Waals surface area (Å²) in [6.07, 6.45) is 4.09. The van der Waals surface area contributed by atoms with Crippen molar-refractivity contribution in [1.29, 1.82) is 0 Å². The van der Waals surface area contributed by atoms with E-state index in [1.54, 1.807) is 6.92 Å². The van der Waals surface area contributed by atoms with Crippen LogP contribution in [0.3, 0.4) is 0 Å². The largest absolute Gasteiger partial charge is 0.466 e. The van der Waals surface area contributed by atoms with Gasteiger partial charge in [-0.25, -0.2) is 0 Å². The average Bonchev–Trinajstić information content (AvgIpc) is 2.48. The summed E-state index contributed by atoms with van der Waals surface area (Å²) >= 11 is 0. The summed E-state index contributed by atoms with van der Waals surface area (Å²) in [5, 5.41) is 0. The molecule has 0 fully saturated rings. The highest BCUT2D eigenvalue weighted by Gasteiger charge is 2.05. The van der Waals surface area contributed by atoms with Crippen LogP contribution in [0.2, 0.25) is 0 Å². The molecule has 8 heteroatoms. The topological polar surface area (TPSA) is 105 Å². The summed E-state index contributed by atoms with van der Waals surface area (Å²) in [7, 11) is 0. The predicted molar refractivity (Wildman–Crippen MR) is 94.2 cm³/mol. The SMILES string of the molecule is CC(=O)OCCC(C)OC(C)=O.CC(=O)OCCCCCCOC(C)=O. The standard InChI is InChI=1S/C10H18O4.C8H14O4/c1-9(11)13-7-5-3-4-6-8-14-10(2)12;1-6(12-8(3)10)4-5-11-7(2)9/h3-8H2,1-2H3;6H,4-5H2,1-3H3. The molecule has 0 N–H and O–H groups in total. The van der Waals surface area contributed by atoms with Gasteiger partial charge in [0, 0.05) is 34.1 Å². The maximum atomic E-state index is 10.4. The van der Waals surface area contributed by atoms with Gasteiger partial charge in [-0.15, -0.1) is 0 Å². The third kappa shape index (κ3) is 26.8. The van der Waals surface area contributed by atoms with Crippen molar-refractivity contribution < 1.29 is 38.1 Å². The molecule has 0 aliphatic heterocycles. The first kappa shape index (κ1) is 26.1. The molecule has 0 aliphatic rings. The zero-order valence-corrected chi connectivity index (χ0v) is 16.5. The Morgan fingerprint density at radius 1 is 0.615 bits per heavy atom. The van der Waals surface area contributed by atoms with Crippen LogP contribution in [0.5, 0.6) is 0 Å². The van der Waals surface area contributed by atoms with Crippen LogP contribution in [0.4, 0.5) is 0 Å². The molecule has 0 aromatic rings. The lowest BCUT2D eigenvalue weighted by Crippen LogP contribution is -2.15. The lowest BCUT2D eigenvalue weighted by atomic mass is 10.2. The van der Waals surface area contributed by atoms with Crippen molar-refractivity contribution in [3.8, 4) is 0 Å². The van der Waals surface area contributed by atoms with Gasteiger partial charge in [-0.3, -0.25) is 19.2 Å². The van der Waals surface area contributed by atoms with Gasteiger partial charge in [-0.05, 0) is 32.6 Å². The van der Waals surface area contributed by atoms with Crippen molar-refractivity contribution in [2.24, 2.45) is 0 Å². The Balaban J connectivity index is 0. The summed E-state index contributed by atoms with van der Waals surface area (Å²) in [5.41, 5.74) is 0. The third-order valence-electron chi connectivity index (χ3n) is 2.85. The molecule has 0 amide bonds. The molecule has 0 aromatic heterocycles. The summed E-state index contributed by atoms with van der Waals surface area (Å²) in [6.45, 7) is 8.53. The Labute approximate surface area is 155 Å². The van der Waals surface area contributed by atoms with E-state index in [4.69, 9.17) is 14.2 Å². The van der Waals surface area contributed by atoms with Crippen molar-refractivity contribution in [1.82, 2.24) is 0 Å². The molecule has 8 nitrogen and oxygen atoms in total. The molecule has 1 atom stereocenters. The van der Waals surface area contributed by atoms with Crippen molar-refractivity contribution >= 4 is 23.9 Å². The van der Waals surface area contributed by atoms with E-state index < -0.39 is 0 Å². The Morgan fingerprint density at radius 3 is 1.35 bits per heavy atom. The van der Waals surface area contributed by atoms with Crippen LogP contribution in [-0.4, -0.2) is 49.8 Å². The molecule has 0 saturated heterocycles. The molecule has 152 valence electrons. The molecular weight excluding hydrogens is 344 g/mol. The zero-order valence-electron chi connectivity index (χ0n) is 16.5. The van der Waals surface area contributed by atoms with E-state index >= 15 is 0 Å². The number of carbonyl (C=O) groups is 4. The van der Waals surface area contributed by atoms with E-state index in [2.05, 4.69) is 4.74 Å². The van der Waals surface area contributed by atoms with Gasteiger partial charge in [-0.2, -0.15) is 0 Å². The molecule has 0 radical (unpaired) electrons. The summed E-state index contributed by atoms with van der Waals surface area (Å²) in [5.74, 6) is -1.09. The molecule has 0 rings (SSSR count). The minimum Gasteiger partial charge on any atom is -0.466 e. The second-order valence-electron chi connectivity index (χ2n) is 5.64. The minimum atomic E-state index is -0.315. The number of ether oxygens (including phenoxy) is 4. The minimum absolute atomic E-state index is 0.193. The Hall–Kier alpha value is -2.12. The normalized spacial score (nSPS) is 10.7. The Bertz CT molecular complexity index is 399. The van der Waals surface area contributed by atoms with Crippen molar-refractivity contribution in [3.05, 3.63) is 0 Å². The fourth-order valence-corrected chi connectivity index (χ4v) is 1.70. The van der Waals surface area contributed by atoms with Crippen LogP contribution in [0.1, 0.15) is 66.7 Å². The highest BCUT2D eigenvalue weighted by atomic mass is 16.6. The summed E-state index contributed by atoms with van der Waals surface area (Å²) in [4.78, 5) is 41.5. The molecule has 0 spiro atoms. The van der Waals surface area contributed by atoms with Gasteiger partial charge in [0.2, 0.25) is 0 Å². The maximum Gasteiger partial charge on any atom is 0.302 e. The van der Waals surface area contributed by atoms with Gasteiger partial charge in [-0.1, -0.05) is 0 Å². The molecule has 0 saturated carbocycles. The second kappa shape index (κ2) is 17.7. The maximum absolute atomic E-state index is 10.4. The number of esters is 4. The van der Waals surface area contributed by atoms with Gasteiger partial charge >= 0.3 is 23.9 Å². The first-order valence-electron chi connectivity index (χ1n) is 8.72. The monoisotopic (exact) mass is 376 g/mol. The first-order chi connectivity index (χ1) is 12.1. The third-order valence-corrected chi connectivity index (χ3v) is 2.85. The lowest BCUT2D eigenvalue weighted by Gasteiger charge is -2.10. The van der Waals surface area contributed by atoms with Crippen LogP contribution in [-0.2, 0) is 38.1 Å². The van der Waals surface area contributed by atoms with Crippen LogP contribution in [0.25, 0.3) is 0 Å². The molecule has 0 bridgehead atoms. The van der Waals surface area contributed by atoms with Gasteiger partial charge in [0.25, 0.3) is 0 Å². The number of unbranched alkanes of at least 4 members (excludes halogenated alkanes) is 3. The molecule has 1 unspecified atom stereocenters. The van der Waals surface area contributed by atoms with Gasteiger partial charge < -0.3 is 18.9 Å². The molecule has 0 aliphatic carbocycles. The fraction of sp³-hybridized carbons (Fsp3) is 0.778. The lowest BCUT2D eigenvalue weighted by molar-refractivity contribution is -0.148. The van der Waals surface area contributed by atoms with Crippen molar-refractivity contribution in [2.75, 3.05) is 19.8 Å². The van der Waals surface area contributed by atoms with E-state index in [0.29, 0.717) is 26.2 Å². The van der Waals surface area contributed by atoms with E-state index in [0.717, 1.165) is 25.7 Å². The van der Waals surface area contributed by atoms with Crippen LogP contribution in [0, 0.1) is 0 Å². The van der Waals surface area contributed by atoms with E-state index in [-0.39, 0.29) is 30.0 Å². The van der Waals surface area contributed by atoms with Gasteiger partial charge in [0.1, 0.15) is 6.10 Å². The van der Waals surface area contributed by atoms with Gasteiger partial charge in [0.15, 0.2) is 0 Å². The van der Waals surface area contributed by atoms with E-state index in [9.17, 15) is 19.2 Å². The number of hydrogen-bond acceptors (Lipinski definition) is 8. The summed E-state index contributed by atoms with van der Waals surface area (Å²) < 4.78 is 19.0. The second-order valence-corrected chi connectivity index (χ2v) is 5.64. The first-order valence-corrected chi connectivity index (χ1v) is 8.72. The molecular formula is C18H32O8. The molecule has 0 heterocycles. The smallest absolute Gasteiger partial charge is 0.302 e. The molecule has 26 heavy (non-hydrogen) atoms. The van der Waals surface area contributed by atoms with Crippen molar-refractivity contribution in [3.63, 3.8) is 0 Å². The van der Waals surface area contributed by atoms with Crippen molar-refractivity contribution in [2.45, 2.75) is 72.8 Å². The number of carbonyl (C=O) groups excluding carboxylic acids is 4. The summed E-state index contributed by atoms with van der Waals surface area (Å²) in [6, 6.07) is 0. The number of rotatable bonds is 11. The van der Waals surface area contributed by atoms with Crippen LogP contribution in [0.15, 0.2) is 0 Å².